The first kappa shape index (κ1) is 18.5. The van der Waals surface area contributed by atoms with Crippen molar-refractivity contribution in [3.8, 4) is 5.82 Å². The highest BCUT2D eigenvalue weighted by molar-refractivity contribution is 5.49. The van der Waals surface area contributed by atoms with E-state index < -0.39 is 0 Å². The Morgan fingerprint density at radius 1 is 1.27 bits per heavy atom. The summed E-state index contributed by atoms with van der Waals surface area (Å²) >= 11 is 0. The Bertz CT molecular complexity index is 1220. The van der Waals surface area contributed by atoms with Crippen molar-refractivity contribution in [2.45, 2.75) is 45.2 Å². The molecule has 5 heterocycles. The number of hydrogen-bond donors (Lipinski definition) is 0. The van der Waals surface area contributed by atoms with Crippen LogP contribution in [0.4, 0.5) is 5.82 Å². The fourth-order valence-corrected chi connectivity index (χ4v) is 3.94. The summed E-state index contributed by atoms with van der Waals surface area (Å²) in [5.41, 5.74) is 0.864. The van der Waals surface area contributed by atoms with Gasteiger partial charge in [0.1, 0.15) is 18.5 Å². The molecule has 1 atom stereocenters. The summed E-state index contributed by atoms with van der Waals surface area (Å²) in [5.74, 6) is 2.51. The summed E-state index contributed by atoms with van der Waals surface area (Å²) in [6.45, 7) is 5.62. The summed E-state index contributed by atoms with van der Waals surface area (Å²) in [6.07, 6.45) is 8.71. The summed E-state index contributed by atoms with van der Waals surface area (Å²) in [7, 11) is 0. The molecule has 30 heavy (non-hydrogen) atoms. The van der Waals surface area contributed by atoms with Gasteiger partial charge in [0.05, 0.1) is 18.3 Å². The number of rotatable bonds is 5. The molecule has 1 aliphatic heterocycles. The van der Waals surface area contributed by atoms with E-state index in [2.05, 4.69) is 50.0 Å². The first-order valence-corrected chi connectivity index (χ1v) is 10.1. The van der Waals surface area contributed by atoms with E-state index >= 15 is 0 Å². The van der Waals surface area contributed by atoms with Crippen LogP contribution in [0.5, 0.6) is 0 Å². The van der Waals surface area contributed by atoms with Crippen LogP contribution >= 0.6 is 0 Å². The highest BCUT2D eigenvalue weighted by Crippen LogP contribution is 2.28. The van der Waals surface area contributed by atoms with Crippen LogP contribution in [0.25, 0.3) is 11.6 Å². The molecular formula is C20H23N9O. The van der Waals surface area contributed by atoms with Crippen LogP contribution in [-0.2, 0) is 6.54 Å². The molecule has 0 N–H and O–H groups in total. The van der Waals surface area contributed by atoms with Crippen LogP contribution < -0.4 is 10.5 Å². The Kier molecular flexibility index (Phi) is 4.53. The van der Waals surface area contributed by atoms with Crippen molar-refractivity contribution in [2.75, 3.05) is 11.4 Å². The van der Waals surface area contributed by atoms with Gasteiger partial charge in [0.2, 0.25) is 0 Å². The predicted octanol–water partition coefficient (Wildman–Crippen LogP) is 1.66. The second-order valence-corrected chi connectivity index (χ2v) is 7.84. The highest BCUT2D eigenvalue weighted by Gasteiger charge is 2.29. The van der Waals surface area contributed by atoms with Gasteiger partial charge >= 0.3 is 0 Å². The quantitative estimate of drug-likeness (QED) is 0.498. The third-order valence-corrected chi connectivity index (χ3v) is 5.52. The zero-order chi connectivity index (χ0) is 20.7. The van der Waals surface area contributed by atoms with Gasteiger partial charge < -0.3 is 4.90 Å². The second-order valence-electron chi connectivity index (χ2n) is 7.84. The van der Waals surface area contributed by atoms with Gasteiger partial charge in [0.15, 0.2) is 5.82 Å². The van der Waals surface area contributed by atoms with Gasteiger partial charge in [0.25, 0.3) is 11.3 Å². The lowest BCUT2D eigenvalue weighted by molar-refractivity contribution is 0.482. The average Bonchev–Trinajstić information content (AvgIpc) is 3.50. The molecular weight excluding hydrogens is 382 g/mol. The molecule has 1 unspecified atom stereocenters. The number of fused-ring (bicyclic) bond motifs is 1. The maximum atomic E-state index is 12.5. The Morgan fingerprint density at radius 2 is 2.17 bits per heavy atom. The highest BCUT2D eigenvalue weighted by atomic mass is 16.1. The van der Waals surface area contributed by atoms with Gasteiger partial charge in [-0.25, -0.2) is 14.6 Å². The van der Waals surface area contributed by atoms with E-state index in [1.54, 1.807) is 38.4 Å². The molecule has 1 aliphatic rings. The van der Waals surface area contributed by atoms with E-state index in [4.69, 9.17) is 0 Å². The number of aromatic nitrogens is 8. The third kappa shape index (κ3) is 3.23. The maximum Gasteiger partial charge on any atom is 0.266 e. The van der Waals surface area contributed by atoms with E-state index in [0.29, 0.717) is 18.1 Å². The SMILES string of the molecule is CC(C)c1cc(N2CCCC2Cn2nc(-n3ccnc3)ccc2=O)n2ncnc2n1. The Labute approximate surface area is 172 Å². The van der Waals surface area contributed by atoms with Crippen LogP contribution in [0.3, 0.4) is 0 Å². The third-order valence-electron chi connectivity index (χ3n) is 5.52. The molecule has 154 valence electrons. The van der Waals surface area contributed by atoms with E-state index in [1.165, 1.54) is 6.33 Å². The summed E-state index contributed by atoms with van der Waals surface area (Å²) in [4.78, 5) is 27.8. The Morgan fingerprint density at radius 3 is 2.97 bits per heavy atom. The fourth-order valence-electron chi connectivity index (χ4n) is 3.94. The number of anilines is 1. The molecule has 0 aromatic carbocycles. The van der Waals surface area contributed by atoms with Crippen molar-refractivity contribution < 1.29 is 0 Å². The second kappa shape index (κ2) is 7.36. The minimum absolute atomic E-state index is 0.116. The molecule has 10 nitrogen and oxygen atoms in total. The van der Waals surface area contributed by atoms with Crippen molar-refractivity contribution in [3.05, 3.63) is 59.3 Å². The van der Waals surface area contributed by atoms with E-state index in [0.717, 1.165) is 30.9 Å². The summed E-state index contributed by atoms with van der Waals surface area (Å²) in [5, 5.41) is 8.94. The molecule has 5 rings (SSSR count). The zero-order valence-corrected chi connectivity index (χ0v) is 17.0. The van der Waals surface area contributed by atoms with Gasteiger partial charge in [0, 0.05) is 31.1 Å². The largest absolute Gasteiger partial charge is 0.352 e. The molecule has 10 heteroatoms. The molecule has 4 aromatic heterocycles. The number of nitrogens with zero attached hydrogens (tertiary/aromatic N) is 9. The minimum Gasteiger partial charge on any atom is -0.352 e. The molecule has 4 aromatic rings. The summed E-state index contributed by atoms with van der Waals surface area (Å²) < 4.78 is 5.11. The first-order valence-electron chi connectivity index (χ1n) is 10.1. The zero-order valence-electron chi connectivity index (χ0n) is 17.0. The van der Waals surface area contributed by atoms with Crippen LogP contribution in [0.15, 0.2) is 48.0 Å². The van der Waals surface area contributed by atoms with Crippen LogP contribution in [0.2, 0.25) is 0 Å². The van der Waals surface area contributed by atoms with Gasteiger partial charge in [-0.1, -0.05) is 13.8 Å². The van der Waals surface area contributed by atoms with E-state index in [9.17, 15) is 4.79 Å². The molecule has 1 saturated heterocycles. The topological polar surface area (TPSA) is 99.0 Å². The molecule has 0 bridgehead atoms. The van der Waals surface area contributed by atoms with Crippen molar-refractivity contribution in [3.63, 3.8) is 0 Å². The Balaban J connectivity index is 1.50. The number of imidazole rings is 1. The minimum atomic E-state index is -0.116. The normalized spacial score (nSPS) is 16.8. The molecule has 0 aliphatic carbocycles. The van der Waals surface area contributed by atoms with Gasteiger partial charge in [-0.05, 0) is 24.8 Å². The van der Waals surface area contributed by atoms with Crippen LogP contribution in [0, 0.1) is 0 Å². The lowest BCUT2D eigenvalue weighted by atomic mass is 10.1. The van der Waals surface area contributed by atoms with Crippen LogP contribution in [0.1, 0.15) is 38.3 Å². The smallest absolute Gasteiger partial charge is 0.266 e. The van der Waals surface area contributed by atoms with Crippen LogP contribution in [-0.4, -0.2) is 51.5 Å². The lowest BCUT2D eigenvalue weighted by Gasteiger charge is -2.27. The lowest BCUT2D eigenvalue weighted by Crippen LogP contribution is -2.38. The maximum absolute atomic E-state index is 12.5. The van der Waals surface area contributed by atoms with Crippen molar-refractivity contribution in [2.24, 2.45) is 0 Å². The van der Waals surface area contributed by atoms with E-state index in [1.807, 2.05) is 6.20 Å². The monoisotopic (exact) mass is 405 g/mol. The number of hydrogen-bond acceptors (Lipinski definition) is 7. The molecule has 0 spiro atoms. The molecule has 0 amide bonds. The average molecular weight is 405 g/mol. The fraction of sp³-hybridized carbons (Fsp3) is 0.400. The van der Waals surface area contributed by atoms with Gasteiger partial charge in [-0.3, -0.25) is 9.36 Å². The first-order chi connectivity index (χ1) is 14.6. The van der Waals surface area contributed by atoms with Crippen molar-refractivity contribution in [1.29, 1.82) is 0 Å². The van der Waals surface area contributed by atoms with Gasteiger partial charge in [-0.15, -0.1) is 0 Å². The van der Waals surface area contributed by atoms with Crippen molar-refractivity contribution in [1.82, 2.24) is 38.9 Å². The Hall–Kier alpha value is -3.56. The van der Waals surface area contributed by atoms with E-state index in [-0.39, 0.29) is 17.5 Å². The molecule has 1 fully saturated rings. The molecule has 0 saturated carbocycles. The standard InChI is InChI=1S/C20H23N9O/c1-14(2)16-10-18(29-20(24-16)22-12-23-29)27-8-3-4-15(27)11-28-19(30)6-5-17(25-28)26-9-7-21-13-26/h5-7,9-10,12-15H,3-4,8,11H2,1-2H3. The summed E-state index contributed by atoms with van der Waals surface area (Å²) in [6, 6.07) is 5.48. The van der Waals surface area contributed by atoms with Crippen molar-refractivity contribution >= 4 is 11.6 Å². The predicted molar refractivity (Wildman–Crippen MR) is 111 cm³/mol. The van der Waals surface area contributed by atoms with Gasteiger partial charge in [-0.2, -0.15) is 19.7 Å². The molecule has 0 radical (unpaired) electrons.